The van der Waals surface area contributed by atoms with E-state index in [0.29, 0.717) is 0 Å². The maximum atomic E-state index is 6.52. The van der Waals surface area contributed by atoms with E-state index < -0.39 is 8.32 Å². The van der Waals surface area contributed by atoms with Crippen molar-refractivity contribution in [1.29, 1.82) is 0 Å². The van der Waals surface area contributed by atoms with Gasteiger partial charge >= 0.3 is 0 Å². The van der Waals surface area contributed by atoms with Crippen LogP contribution in [0.3, 0.4) is 0 Å². The summed E-state index contributed by atoms with van der Waals surface area (Å²) in [5.74, 6) is 1.11. The Kier molecular flexibility index (Phi) is 5.91. The van der Waals surface area contributed by atoms with Crippen molar-refractivity contribution in [1.82, 2.24) is 0 Å². The molecule has 1 aromatic carbocycles. The second-order valence-electron chi connectivity index (χ2n) is 7.21. The van der Waals surface area contributed by atoms with Gasteiger partial charge in [0.1, 0.15) is 5.75 Å². The van der Waals surface area contributed by atoms with Crippen molar-refractivity contribution >= 4 is 24.2 Å². The average molecular weight is 357 g/mol. The summed E-state index contributed by atoms with van der Waals surface area (Å²) >= 11 is 3.50. The van der Waals surface area contributed by atoms with Crippen LogP contribution in [0.5, 0.6) is 5.75 Å². The highest BCUT2D eigenvalue weighted by molar-refractivity contribution is 9.09. The van der Waals surface area contributed by atoms with E-state index in [1.165, 1.54) is 23.1 Å². The molecule has 0 unspecified atom stereocenters. The molecule has 0 radical (unpaired) electrons. The molecule has 20 heavy (non-hydrogen) atoms. The standard InChI is InChI=1S/C17H29BrOSi/c1-13-11-15(9-8-10-18)12-14(2)16(13)19-20(6,7)17(3,4)5/h11-12H,8-10H2,1-7H3. The van der Waals surface area contributed by atoms with Gasteiger partial charge in [-0.05, 0) is 61.5 Å². The van der Waals surface area contributed by atoms with E-state index in [1.807, 2.05) is 0 Å². The van der Waals surface area contributed by atoms with Crippen LogP contribution in [0.2, 0.25) is 18.1 Å². The summed E-state index contributed by atoms with van der Waals surface area (Å²) in [5, 5.41) is 1.30. The summed E-state index contributed by atoms with van der Waals surface area (Å²) in [4.78, 5) is 0. The van der Waals surface area contributed by atoms with Crippen LogP contribution in [-0.4, -0.2) is 13.6 Å². The minimum Gasteiger partial charge on any atom is -0.543 e. The Hall–Kier alpha value is -0.283. The highest BCUT2D eigenvalue weighted by atomic mass is 79.9. The molecule has 0 atom stereocenters. The van der Waals surface area contributed by atoms with Gasteiger partial charge in [0.05, 0.1) is 0 Å². The molecule has 0 amide bonds. The summed E-state index contributed by atoms with van der Waals surface area (Å²) < 4.78 is 6.52. The number of rotatable bonds is 5. The largest absolute Gasteiger partial charge is 0.543 e. The molecule has 0 spiro atoms. The molecule has 1 aromatic rings. The van der Waals surface area contributed by atoms with Crippen LogP contribution in [0.4, 0.5) is 0 Å². The van der Waals surface area contributed by atoms with Crippen LogP contribution in [0.25, 0.3) is 0 Å². The average Bonchev–Trinajstić information content (AvgIpc) is 2.29. The molecule has 1 nitrogen and oxygen atoms in total. The van der Waals surface area contributed by atoms with E-state index in [4.69, 9.17) is 4.43 Å². The van der Waals surface area contributed by atoms with Crippen LogP contribution < -0.4 is 4.43 Å². The van der Waals surface area contributed by atoms with Gasteiger partial charge in [-0.3, -0.25) is 0 Å². The number of halogens is 1. The molecule has 0 fully saturated rings. The summed E-state index contributed by atoms with van der Waals surface area (Å²) in [7, 11) is -1.76. The molecule has 0 bridgehead atoms. The van der Waals surface area contributed by atoms with E-state index in [9.17, 15) is 0 Å². The van der Waals surface area contributed by atoms with Gasteiger partial charge in [0, 0.05) is 5.33 Å². The molecule has 3 heteroatoms. The zero-order valence-electron chi connectivity index (χ0n) is 14.1. The van der Waals surface area contributed by atoms with Gasteiger partial charge in [0.2, 0.25) is 0 Å². The van der Waals surface area contributed by atoms with Crippen molar-refractivity contribution in [2.24, 2.45) is 0 Å². The van der Waals surface area contributed by atoms with Crippen molar-refractivity contribution in [2.45, 2.75) is 65.6 Å². The maximum absolute atomic E-state index is 6.52. The molecule has 0 aliphatic heterocycles. The van der Waals surface area contributed by atoms with Crippen molar-refractivity contribution in [3.8, 4) is 5.75 Å². The minimum absolute atomic E-state index is 0.237. The zero-order valence-corrected chi connectivity index (χ0v) is 16.6. The summed E-state index contributed by atoms with van der Waals surface area (Å²) in [6.07, 6.45) is 2.31. The zero-order chi connectivity index (χ0) is 15.6. The number of alkyl halides is 1. The van der Waals surface area contributed by atoms with Gasteiger partial charge in [-0.1, -0.05) is 48.8 Å². The molecule has 0 heterocycles. The first-order valence-corrected chi connectivity index (χ1v) is 11.5. The highest BCUT2D eigenvalue weighted by Crippen LogP contribution is 2.39. The van der Waals surface area contributed by atoms with Gasteiger partial charge < -0.3 is 4.43 Å². The third-order valence-electron chi connectivity index (χ3n) is 4.28. The SMILES string of the molecule is Cc1cc(CCCBr)cc(C)c1O[Si](C)(C)C(C)(C)C. The van der Waals surface area contributed by atoms with Gasteiger partial charge in [-0.15, -0.1) is 0 Å². The van der Waals surface area contributed by atoms with E-state index >= 15 is 0 Å². The molecule has 0 N–H and O–H groups in total. The first-order chi connectivity index (χ1) is 9.08. The quantitative estimate of drug-likeness (QED) is 0.463. The molecule has 0 aliphatic rings. The Morgan fingerprint density at radius 1 is 1.10 bits per heavy atom. The van der Waals surface area contributed by atoms with Gasteiger partial charge in [-0.25, -0.2) is 0 Å². The van der Waals surface area contributed by atoms with E-state index in [0.717, 1.165) is 17.5 Å². The predicted molar refractivity (Wildman–Crippen MR) is 95.9 cm³/mol. The fourth-order valence-electron chi connectivity index (χ4n) is 2.02. The number of hydrogen-bond donors (Lipinski definition) is 0. The fourth-order valence-corrected chi connectivity index (χ4v) is 3.44. The van der Waals surface area contributed by atoms with Crippen LogP contribution in [0.15, 0.2) is 12.1 Å². The minimum atomic E-state index is -1.76. The summed E-state index contributed by atoms with van der Waals surface area (Å²) in [6.45, 7) is 15.8. The van der Waals surface area contributed by atoms with E-state index in [1.54, 1.807) is 0 Å². The topological polar surface area (TPSA) is 9.23 Å². The molecule has 1 rings (SSSR count). The Morgan fingerprint density at radius 2 is 1.60 bits per heavy atom. The number of benzene rings is 1. The van der Waals surface area contributed by atoms with Crippen molar-refractivity contribution in [2.75, 3.05) is 5.33 Å². The van der Waals surface area contributed by atoms with Gasteiger partial charge in [0.25, 0.3) is 8.32 Å². The van der Waals surface area contributed by atoms with E-state index in [2.05, 4.69) is 75.8 Å². The van der Waals surface area contributed by atoms with Crippen molar-refractivity contribution in [3.05, 3.63) is 28.8 Å². The molecular formula is C17H29BrOSi. The lowest BCUT2D eigenvalue weighted by atomic mass is 10.0. The Bertz CT molecular complexity index is 438. The lowest BCUT2D eigenvalue weighted by Gasteiger charge is -2.37. The third kappa shape index (κ3) is 4.36. The molecule has 0 aliphatic carbocycles. The van der Waals surface area contributed by atoms with Gasteiger partial charge in [-0.2, -0.15) is 0 Å². The molecule has 0 saturated carbocycles. The first kappa shape index (κ1) is 17.8. The first-order valence-electron chi connectivity index (χ1n) is 7.43. The van der Waals surface area contributed by atoms with Crippen molar-refractivity contribution in [3.63, 3.8) is 0 Å². The molecular weight excluding hydrogens is 328 g/mol. The van der Waals surface area contributed by atoms with Gasteiger partial charge in [0.15, 0.2) is 0 Å². The predicted octanol–water partition coefficient (Wildman–Crippen LogP) is 6.01. The monoisotopic (exact) mass is 356 g/mol. The Balaban J connectivity index is 3.03. The van der Waals surface area contributed by atoms with Crippen LogP contribution >= 0.6 is 15.9 Å². The Morgan fingerprint density at radius 3 is 2.00 bits per heavy atom. The van der Waals surface area contributed by atoms with E-state index in [-0.39, 0.29) is 5.04 Å². The summed E-state index contributed by atoms with van der Waals surface area (Å²) in [5.41, 5.74) is 3.97. The summed E-state index contributed by atoms with van der Waals surface area (Å²) in [6, 6.07) is 4.58. The second kappa shape index (κ2) is 6.65. The smallest absolute Gasteiger partial charge is 0.250 e. The maximum Gasteiger partial charge on any atom is 0.250 e. The third-order valence-corrected chi connectivity index (χ3v) is 9.17. The highest BCUT2D eigenvalue weighted by Gasteiger charge is 2.39. The fraction of sp³-hybridized carbons (Fsp3) is 0.647. The normalized spacial score (nSPS) is 12.6. The molecule has 0 aromatic heterocycles. The Labute approximate surface area is 134 Å². The molecule has 114 valence electrons. The van der Waals surface area contributed by atoms with Crippen LogP contribution in [-0.2, 0) is 6.42 Å². The van der Waals surface area contributed by atoms with Crippen molar-refractivity contribution < 1.29 is 4.43 Å². The number of hydrogen-bond acceptors (Lipinski definition) is 1. The number of aryl methyl sites for hydroxylation is 3. The van der Waals surface area contributed by atoms with Crippen LogP contribution in [0.1, 0.15) is 43.9 Å². The van der Waals surface area contributed by atoms with Crippen LogP contribution in [0, 0.1) is 13.8 Å². The lowest BCUT2D eigenvalue weighted by Crippen LogP contribution is -2.44. The second-order valence-corrected chi connectivity index (χ2v) is 12.7. The lowest BCUT2D eigenvalue weighted by molar-refractivity contribution is 0.486. The molecule has 0 saturated heterocycles.